The van der Waals surface area contributed by atoms with E-state index in [-0.39, 0.29) is 41.6 Å². The smallest absolute Gasteiger partial charge is 0.191 e. The summed E-state index contributed by atoms with van der Waals surface area (Å²) in [6, 6.07) is 11.0. The van der Waals surface area contributed by atoms with Gasteiger partial charge in [0.2, 0.25) is 0 Å². The molecule has 1 aromatic carbocycles. The molecule has 0 bridgehead atoms. The highest BCUT2D eigenvalue weighted by Gasteiger charge is 2.34. The van der Waals surface area contributed by atoms with E-state index in [0.29, 0.717) is 6.54 Å². The fraction of sp³-hybridized carbons (Fsp3) is 0.625. The lowest BCUT2D eigenvalue weighted by Crippen LogP contribution is -2.53. The third kappa shape index (κ3) is 6.66. The molecule has 3 heterocycles. The third-order valence-electron chi connectivity index (χ3n) is 6.45. The first-order chi connectivity index (χ1) is 15.6. The van der Waals surface area contributed by atoms with Gasteiger partial charge in [-0.25, -0.2) is 9.67 Å². The Morgan fingerprint density at radius 2 is 2.03 bits per heavy atom. The highest BCUT2D eigenvalue weighted by Crippen LogP contribution is 2.26. The highest BCUT2D eigenvalue weighted by atomic mass is 127. The number of nitrogens with zero attached hydrogens (tertiary/aromatic N) is 4. The number of aromatic nitrogens is 3. The lowest BCUT2D eigenvalue weighted by molar-refractivity contribution is 0.0374. The summed E-state index contributed by atoms with van der Waals surface area (Å²) in [6.45, 7) is 10.3. The molecule has 1 fully saturated rings. The molecular formula is C24H38IN7O. The second-order valence-electron chi connectivity index (χ2n) is 8.94. The SMILES string of the molecule is CCNC(=NCC1(NC(C)c2ccccc2)CCOCC1)NC1CCCn2nc(C)nc21.I. The van der Waals surface area contributed by atoms with E-state index >= 15 is 0 Å². The summed E-state index contributed by atoms with van der Waals surface area (Å²) in [6.07, 6.45) is 4.02. The molecule has 0 amide bonds. The van der Waals surface area contributed by atoms with Crippen LogP contribution in [0, 0.1) is 6.92 Å². The lowest BCUT2D eigenvalue weighted by atomic mass is 9.88. The van der Waals surface area contributed by atoms with Gasteiger partial charge in [-0.2, -0.15) is 5.10 Å². The average molecular weight is 568 g/mol. The molecule has 0 aliphatic carbocycles. The van der Waals surface area contributed by atoms with E-state index in [4.69, 9.17) is 9.73 Å². The topological polar surface area (TPSA) is 88.4 Å². The van der Waals surface area contributed by atoms with Gasteiger partial charge >= 0.3 is 0 Å². The monoisotopic (exact) mass is 567 g/mol. The Kier molecular flexibility index (Phi) is 9.51. The summed E-state index contributed by atoms with van der Waals surface area (Å²) < 4.78 is 7.72. The van der Waals surface area contributed by atoms with Crippen LogP contribution in [-0.4, -0.2) is 52.6 Å². The molecule has 0 spiro atoms. The van der Waals surface area contributed by atoms with Gasteiger partial charge in [0.15, 0.2) is 5.96 Å². The Bertz CT molecular complexity index is 895. The molecule has 1 saturated heterocycles. The minimum atomic E-state index is -0.0843. The average Bonchev–Trinajstić information content (AvgIpc) is 3.20. The zero-order valence-corrected chi connectivity index (χ0v) is 22.3. The normalized spacial score (nSPS) is 20.9. The standard InChI is InChI=1S/C24H37N7O.HI/c1-4-25-23(28-21-11-8-14-31-22(21)27-19(3)30-31)26-17-24(12-15-32-16-13-24)29-18(2)20-9-6-5-7-10-20;/h5-7,9-10,18,21,29H,4,8,11-17H2,1-3H3,(H2,25,26,28);1H. The molecule has 2 aromatic rings. The number of halogens is 1. The van der Waals surface area contributed by atoms with Crippen LogP contribution in [0.25, 0.3) is 0 Å². The van der Waals surface area contributed by atoms with Crippen LogP contribution in [0.1, 0.15) is 68.8 Å². The molecule has 4 rings (SSSR count). The summed E-state index contributed by atoms with van der Waals surface area (Å²) in [7, 11) is 0. The first-order valence-corrected chi connectivity index (χ1v) is 12.0. The number of aryl methyl sites for hydroxylation is 2. The molecule has 182 valence electrons. The molecule has 0 radical (unpaired) electrons. The molecule has 9 heteroatoms. The number of nitrogens with one attached hydrogen (secondary N) is 3. The van der Waals surface area contributed by atoms with Crippen LogP contribution in [-0.2, 0) is 11.3 Å². The van der Waals surface area contributed by atoms with Crippen molar-refractivity contribution in [3.63, 3.8) is 0 Å². The van der Waals surface area contributed by atoms with Crippen molar-refractivity contribution in [2.75, 3.05) is 26.3 Å². The lowest BCUT2D eigenvalue weighted by Gasteiger charge is -2.39. The van der Waals surface area contributed by atoms with Crippen LogP contribution in [0.3, 0.4) is 0 Å². The molecule has 1 aromatic heterocycles. The van der Waals surface area contributed by atoms with Gasteiger partial charge in [0.1, 0.15) is 11.6 Å². The molecule has 3 N–H and O–H groups in total. The predicted octanol–water partition coefficient (Wildman–Crippen LogP) is 3.49. The van der Waals surface area contributed by atoms with Crippen molar-refractivity contribution in [3.8, 4) is 0 Å². The summed E-state index contributed by atoms with van der Waals surface area (Å²) in [4.78, 5) is 9.71. The van der Waals surface area contributed by atoms with Gasteiger partial charge in [-0.3, -0.25) is 4.99 Å². The van der Waals surface area contributed by atoms with Crippen molar-refractivity contribution in [1.82, 2.24) is 30.7 Å². The van der Waals surface area contributed by atoms with Crippen LogP contribution < -0.4 is 16.0 Å². The van der Waals surface area contributed by atoms with E-state index in [9.17, 15) is 0 Å². The minimum absolute atomic E-state index is 0. The van der Waals surface area contributed by atoms with Crippen LogP contribution in [0.4, 0.5) is 0 Å². The number of fused-ring (bicyclic) bond motifs is 1. The van der Waals surface area contributed by atoms with Crippen LogP contribution >= 0.6 is 24.0 Å². The summed E-state index contributed by atoms with van der Waals surface area (Å²) in [5, 5.41) is 15.5. The number of aliphatic imine (C=N–C) groups is 1. The second-order valence-corrected chi connectivity index (χ2v) is 8.94. The molecule has 33 heavy (non-hydrogen) atoms. The van der Waals surface area contributed by atoms with Crippen molar-refractivity contribution >= 4 is 29.9 Å². The quantitative estimate of drug-likeness (QED) is 0.270. The number of benzene rings is 1. The number of hydrogen-bond acceptors (Lipinski definition) is 5. The maximum absolute atomic E-state index is 5.69. The van der Waals surface area contributed by atoms with Gasteiger partial charge < -0.3 is 20.7 Å². The second kappa shape index (κ2) is 12.1. The van der Waals surface area contributed by atoms with E-state index in [1.807, 2.05) is 11.6 Å². The van der Waals surface area contributed by atoms with E-state index in [1.54, 1.807) is 0 Å². The largest absolute Gasteiger partial charge is 0.381 e. The maximum Gasteiger partial charge on any atom is 0.191 e. The van der Waals surface area contributed by atoms with Gasteiger partial charge in [0, 0.05) is 37.9 Å². The number of rotatable bonds is 7. The summed E-state index contributed by atoms with van der Waals surface area (Å²) >= 11 is 0. The zero-order chi connectivity index (χ0) is 22.4. The van der Waals surface area contributed by atoms with Crippen molar-refractivity contribution in [1.29, 1.82) is 0 Å². The first-order valence-electron chi connectivity index (χ1n) is 12.0. The summed E-state index contributed by atoms with van der Waals surface area (Å²) in [5.74, 6) is 2.68. The molecular weight excluding hydrogens is 529 g/mol. The van der Waals surface area contributed by atoms with Gasteiger partial charge in [-0.05, 0) is 52.0 Å². The number of guanidine groups is 1. The van der Waals surface area contributed by atoms with Crippen molar-refractivity contribution in [2.24, 2.45) is 4.99 Å². The molecule has 8 nitrogen and oxygen atoms in total. The van der Waals surface area contributed by atoms with Gasteiger partial charge in [-0.15, -0.1) is 24.0 Å². The minimum Gasteiger partial charge on any atom is -0.381 e. The van der Waals surface area contributed by atoms with Crippen LogP contribution in [0.2, 0.25) is 0 Å². The maximum atomic E-state index is 5.69. The highest BCUT2D eigenvalue weighted by molar-refractivity contribution is 14.0. The summed E-state index contributed by atoms with van der Waals surface area (Å²) in [5.41, 5.74) is 1.21. The predicted molar refractivity (Wildman–Crippen MR) is 142 cm³/mol. The van der Waals surface area contributed by atoms with Gasteiger partial charge in [0.05, 0.1) is 12.6 Å². The molecule has 2 aliphatic heterocycles. The van der Waals surface area contributed by atoms with Crippen molar-refractivity contribution < 1.29 is 4.74 Å². The Balaban J connectivity index is 0.00000306. The molecule has 2 aliphatic rings. The van der Waals surface area contributed by atoms with Crippen LogP contribution in [0.5, 0.6) is 0 Å². The Labute approximate surface area is 214 Å². The molecule has 0 saturated carbocycles. The number of ether oxygens (including phenoxy) is 1. The van der Waals surface area contributed by atoms with E-state index in [1.165, 1.54) is 5.56 Å². The zero-order valence-electron chi connectivity index (χ0n) is 20.0. The van der Waals surface area contributed by atoms with Gasteiger partial charge in [0.25, 0.3) is 0 Å². The fourth-order valence-electron chi connectivity index (χ4n) is 4.72. The molecule has 2 atom stereocenters. The third-order valence-corrected chi connectivity index (χ3v) is 6.45. The van der Waals surface area contributed by atoms with E-state index in [0.717, 1.165) is 69.6 Å². The van der Waals surface area contributed by atoms with E-state index in [2.05, 4.69) is 70.2 Å². The Morgan fingerprint density at radius 1 is 1.27 bits per heavy atom. The van der Waals surface area contributed by atoms with Crippen molar-refractivity contribution in [3.05, 3.63) is 47.5 Å². The number of hydrogen-bond donors (Lipinski definition) is 3. The Hall–Kier alpha value is -1.72. The fourth-order valence-corrected chi connectivity index (χ4v) is 4.72. The van der Waals surface area contributed by atoms with Crippen LogP contribution in [0.15, 0.2) is 35.3 Å². The Morgan fingerprint density at radius 3 is 2.76 bits per heavy atom. The first kappa shape index (κ1) is 25.9. The van der Waals surface area contributed by atoms with Gasteiger partial charge in [-0.1, -0.05) is 30.3 Å². The van der Waals surface area contributed by atoms with E-state index < -0.39 is 0 Å². The van der Waals surface area contributed by atoms with Crippen molar-refractivity contribution in [2.45, 2.75) is 70.6 Å². The molecule has 2 unspecified atom stereocenters.